The van der Waals surface area contributed by atoms with Crippen molar-refractivity contribution in [1.82, 2.24) is 4.90 Å². The molecule has 2 fully saturated rings. The Balaban J connectivity index is 1.49. The van der Waals surface area contributed by atoms with E-state index in [0.717, 1.165) is 67.2 Å². The van der Waals surface area contributed by atoms with E-state index in [0.29, 0.717) is 18.9 Å². The summed E-state index contributed by atoms with van der Waals surface area (Å²) in [6.07, 6.45) is 7.10. The highest BCUT2D eigenvalue weighted by Gasteiger charge is 2.47. The van der Waals surface area contributed by atoms with Gasteiger partial charge in [-0.25, -0.2) is 13.6 Å². The second kappa shape index (κ2) is 11.1. The SMILES string of the molecule is C=C1CCC(C2=C(c3ccc(C(F)(F)C4CN(CCCF)C4)cc3)c3ccc(C(=O)O)cc3CCC2)CC1. The second-order valence-electron chi connectivity index (χ2n) is 11.2. The Kier molecular flexibility index (Phi) is 7.80. The van der Waals surface area contributed by atoms with Gasteiger partial charge < -0.3 is 10.0 Å². The highest BCUT2D eigenvalue weighted by atomic mass is 19.3. The summed E-state index contributed by atoms with van der Waals surface area (Å²) in [6.45, 7) is 4.84. The van der Waals surface area contributed by atoms with E-state index in [1.54, 1.807) is 24.3 Å². The minimum atomic E-state index is -2.94. The summed E-state index contributed by atoms with van der Waals surface area (Å²) in [5, 5.41) is 9.54. The van der Waals surface area contributed by atoms with Crippen molar-refractivity contribution >= 4 is 11.5 Å². The number of nitrogens with zero attached hydrogens (tertiary/aromatic N) is 1. The molecule has 0 aromatic heterocycles. The van der Waals surface area contributed by atoms with E-state index in [1.165, 1.54) is 11.1 Å². The van der Waals surface area contributed by atoms with Crippen LogP contribution in [0.1, 0.15) is 77.6 Å². The number of hydrogen-bond donors (Lipinski definition) is 1. The van der Waals surface area contributed by atoms with Gasteiger partial charge in [0.1, 0.15) is 0 Å². The van der Waals surface area contributed by atoms with Gasteiger partial charge in [0.25, 0.3) is 5.92 Å². The Morgan fingerprint density at radius 2 is 1.74 bits per heavy atom. The minimum Gasteiger partial charge on any atom is -0.478 e. The summed E-state index contributed by atoms with van der Waals surface area (Å²) in [5.41, 5.74) is 6.97. The van der Waals surface area contributed by atoms with Crippen molar-refractivity contribution in [2.45, 2.75) is 57.3 Å². The lowest BCUT2D eigenvalue weighted by atomic mass is 9.76. The Morgan fingerprint density at radius 1 is 1.03 bits per heavy atom. The maximum Gasteiger partial charge on any atom is 0.335 e. The van der Waals surface area contributed by atoms with Crippen LogP contribution in [0.5, 0.6) is 0 Å². The monoisotopic (exact) mass is 523 g/mol. The molecule has 0 bridgehead atoms. The molecule has 1 N–H and O–H groups in total. The lowest BCUT2D eigenvalue weighted by Gasteiger charge is -2.43. The lowest BCUT2D eigenvalue weighted by molar-refractivity contribution is -0.124. The average molecular weight is 524 g/mol. The number of likely N-dealkylation sites (tertiary alicyclic amines) is 1. The molecule has 0 unspecified atom stereocenters. The van der Waals surface area contributed by atoms with Gasteiger partial charge in [-0.1, -0.05) is 48.1 Å². The van der Waals surface area contributed by atoms with E-state index in [-0.39, 0.29) is 24.2 Å². The second-order valence-corrected chi connectivity index (χ2v) is 11.2. The fraction of sp³-hybridized carbons (Fsp3) is 0.469. The first-order valence-corrected chi connectivity index (χ1v) is 13.8. The molecule has 0 spiro atoms. The van der Waals surface area contributed by atoms with E-state index in [9.17, 15) is 14.3 Å². The van der Waals surface area contributed by atoms with Crippen molar-refractivity contribution in [2.75, 3.05) is 26.3 Å². The number of carboxylic acids is 1. The van der Waals surface area contributed by atoms with E-state index in [4.69, 9.17) is 0 Å². The summed E-state index contributed by atoms with van der Waals surface area (Å²) in [4.78, 5) is 13.5. The van der Waals surface area contributed by atoms with Gasteiger partial charge in [-0.3, -0.25) is 4.39 Å². The third-order valence-corrected chi connectivity index (χ3v) is 8.66. The molecule has 38 heavy (non-hydrogen) atoms. The smallest absolute Gasteiger partial charge is 0.335 e. The Hall–Kier alpha value is -2.86. The van der Waals surface area contributed by atoms with Gasteiger partial charge in [-0.2, -0.15) is 0 Å². The summed E-state index contributed by atoms with van der Waals surface area (Å²) < 4.78 is 43.1. The van der Waals surface area contributed by atoms with Crippen molar-refractivity contribution in [3.8, 4) is 0 Å². The van der Waals surface area contributed by atoms with Gasteiger partial charge in [0.05, 0.1) is 18.2 Å². The van der Waals surface area contributed by atoms with Crippen LogP contribution in [0.25, 0.3) is 5.57 Å². The lowest BCUT2D eigenvalue weighted by Crippen LogP contribution is -2.53. The third-order valence-electron chi connectivity index (χ3n) is 8.66. The Bertz CT molecular complexity index is 1220. The van der Waals surface area contributed by atoms with Crippen molar-refractivity contribution in [2.24, 2.45) is 11.8 Å². The molecular formula is C32H36F3NO2. The number of hydrogen-bond acceptors (Lipinski definition) is 2. The maximum atomic E-state index is 15.3. The molecule has 202 valence electrons. The van der Waals surface area contributed by atoms with Gasteiger partial charge in [-0.05, 0) is 91.7 Å². The first-order valence-electron chi connectivity index (χ1n) is 13.8. The quantitative estimate of drug-likeness (QED) is 0.361. The van der Waals surface area contributed by atoms with E-state index in [2.05, 4.69) is 6.58 Å². The number of carboxylic acid groups (broad SMARTS) is 1. The zero-order valence-corrected chi connectivity index (χ0v) is 21.8. The molecule has 1 saturated heterocycles. The van der Waals surface area contributed by atoms with E-state index < -0.39 is 24.5 Å². The van der Waals surface area contributed by atoms with Crippen LogP contribution < -0.4 is 0 Å². The molecule has 5 rings (SSSR count). The van der Waals surface area contributed by atoms with Crippen LogP contribution in [0, 0.1) is 11.8 Å². The minimum absolute atomic E-state index is 0.0163. The molecule has 3 aliphatic rings. The molecule has 0 radical (unpaired) electrons. The fourth-order valence-electron chi connectivity index (χ4n) is 6.43. The average Bonchev–Trinajstić information content (AvgIpc) is 3.07. The van der Waals surface area contributed by atoms with Crippen LogP contribution >= 0.6 is 0 Å². The van der Waals surface area contributed by atoms with Crippen molar-refractivity contribution in [3.63, 3.8) is 0 Å². The molecule has 1 heterocycles. The van der Waals surface area contributed by atoms with Crippen LogP contribution in [0.4, 0.5) is 13.2 Å². The fourth-order valence-corrected chi connectivity index (χ4v) is 6.43. The molecule has 0 atom stereocenters. The molecule has 2 aromatic carbocycles. The normalized spacial score (nSPS) is 19.7. The number of fused-ring (bicyclic) bond motifs is 1. The van der Waals surface area contributed by atoms with Crippen LogP contribution in [-0.4, -0.2) is 42.3 Å². The van der Waals surface area contributed by atoms with Gasteiger partial charge in [0.15, 0.2) is 0 Å². The molecule has 6 heteroatoms. The number of aromatic carboxylic acids is 1. The number of aryl methyl sites for hydroxylation is 1. The first kappa shape index (κ1) is 26.7. The zero-order valence-electron chi connectivity index (χ0n) is 21.8. The van der Waals surface area contributed by atoms with Gasteiger partial charge in [0.2, 0.25) is 0 Å². The highest BCUT2D eigenvalue weighted by molar-refractivity contribution is 5.90. The summed E-state index contributed by atoms with van der Waals surface area (Å²) in [5.74, 6) is -4.23. The number of allylic oxidation sites excluding steroid dienone is 2. The molecular weight excluding hydrogens is 487 g/mol. The number of halogens is 3. The van der Waals surface area contributed by atoms with Crippen LogP contribution in [-0.2, 0) is 12.3 Å². The summed E-state index contributed by atoms with van der Waals surface area (Å²) in [7, 11) is 0. The van der Waals surface area contributed by atoms with Crippen molar-refractivity contribution < 1.29 is 23.1 Å². The maximum absolute atomic E-state index is 15.3. The number of benzene rings is 2. The molecule has 3 nitrogen and oxygen atoms in total. The largest absolute Gasteiger partial charge is 0.478 e. The topological polar surface area (TPSA) is 40.5 Å². The van der Waals surface area contributed by atoms with E-state index >= 15 is 8.78 Å². The molecule has 0 amide bonds. The van der Waals surface area contributed by atoms with Gasteiger partial charge >= 0.3 is 5.97 Å². The molecule has 2 aliphatic carbocycles. The predicted octanol–water partition coefficient (Wildman–Crippen LogP) is 7.65. The van der Waals surface area contributed by atoms with E-state index in [1.807, 2.05) is 23.1 Å². The number of rotatable bonds is 8. The molecule has 1 saturated carbocycles. The van der Waals surface area contributed by atoms with Gasteiger partial charge in [0, 0.05) is 25.2 Å². The Morgan fingerprint density at radius 3 is 2.39 bits per heavy atom. The summed E-state index contributed by atoms with van der Waals surface area (Å²) >= 11 is 0. The molecule has 2 aromatic rings. The zero-order chi connectivity index (χ0) is 26.9. The predicted molar refractivity (Wildman–Crippen MR) is 144 cm³/mol. The van der Waals surface area contributed by atoms with Crippen LogP contribution in [0.3, 0.4) is 0 Å². The van der Waals surface area contributed by atoms with Crippen molar-refractivity contribution in [3.05, 3.63) is 88.0 Å². The third kappa shape index (κ3) is 5.33. The van der Waals surface area contributed by atoms with Crippen LogP contribution in [0.15, 0.2) is 60.2 Å². The van der Waals surface area contributed by atoms with Crippen LogP contribution in [0.2, 0.25) is 0 Å². The standard InChI is InChI=1S/C32H36F3NO2/c1-21-6-8-22(9-7-21)28-5-2-4-24-18-25(31(37)38)12-15-29(24)30(28)23-10-13-26(14-11-23)32(34,35)27-19-36(20-27)17-3-16-33/h10-15,18,22,27H,1-9,16-17,19-20H2,(H,37,38). The number of carbonyl (C=O) groups is 1. The van der Waals surface area contributed by atoms with Crippen molar-refractivity contribution in [1.29, 1.82) is 0 Å². The number of alkyl halides is 3. The molecule has 1 aliphatic heterocycles. The highest BCUT2D eigenvalue weighted by Crippen LogP contribution is 2.45. The Labute approximate surface area is 223 Å². The summed E-state index contributed by atoms with van der Waals surface area (Å²) in [6, 6.07) is 12.1. The van der Waals surface area contributed by atoms with Gasteiger partial charge in [-0.15, -0.1) is 0 Å². The first-order chi connectivity index (χ1) is 18.3.